The Morgan fingerprint density at radius 3 is 2.41 bits per heavy atom. The summed E-state index contributed by atoms with van der Waals surface area (Å²) in [5, 5.41) is 2.84. The van der Waals surface area contributed by atoms with E-state index in [1.54, 1.807) is 0 Å². The van der Waals surface area contributed by atoms with Crippen LogP contribution in [0.25, 0.3) is 11.0 Å². The number of benzene rings is 3. The Morgan fingerprint density at radius 1 is 0.931 bits per heavy atom. The molecule has 146 valence electrons. The van der Waals surface area contributed by atoms with Gasteiger partial charge in [0.25, 0.3) is 0 Å². The molecule has 6 nitrogen and oxygen atoms in total. The number of anilines is 1. The van der Waals surface area contributed by atoms with Crippen LogP contribution in [0.4, 0.5) is 10.7 Å². The number of nitrogens with zero attached hydrogens (tertiary/aromatic N) is 2. The smallest absolute Gasteiger partial charge is 0.331 e. The van der Waals surface area contributed by atoms with Crippen molar-refractivity contribution < 1.29 is 9.53 Å². The number of hydrogen-bond donors (Lipinski definition) is 2. The van der Waals surface area contributed by atoms with Gasteiger partial charge in [-0.05, 0) is 48.3 Å². The predicted molar refractivity (Wildman–Crippen MR) is 116 cm³/mol. The highest BCUT2D eigenvalue weighted by molar-refractivity contribution is 7.98. The van der Waals surface area contributed by atoms with E-state index in [1.165, 1.54) is 11.9 Å². The summed E-state index contributed by atoms with van der Waals surface area (Å²) in [5.41, 5.74) is 1.76. The number of rotatable bonds is 7. The van der Waals surface area contributed by atoms with Crippen molar-refractivity contribution in [3.8, 4) is 5.75 Å². The van der Waals surface area contributed by atoms with Crippen LogP contribution in [0.1, 0.15) is 0 Å². The van der Waals surface area contributed by atoms with Crippen molar-refractivity contribution in [2.75, 3.05) is 11.9 Å². The van der Waals surface area contributed by atoms with Gasteiger partial charge in [0.15, 0.2) is 0 Å². The largest absolute Gasteiger partial charge is 0.492 e. The Hall–Kier alpha value is -3.45. The van der Waals surface area contributed by atoms with E-state index >= 15 is 0 Å². The van der Waals surface area contributed by atoms with Crippen LogP contribution in [-0.4, -0.2) is 22.2 Å². The van der Waals surface area contributed by atoms with Crippen LogP contribution < -0.4 is 14.8 Å². The lowest BCUT2D eigenvalue weighted by atomic mass is 10.3. The van der Waals surface area contributed by atoms with Gasteiger partial charge in [-0.15, -0.1) is 0 Å². The molecule has 7 heteroatoms. The number of carbonyl (C=O) groups excluding carboxylic acids is 1. The summed E-state index contributed by atoms with van der Waals surface area (Å²) in [5.74, 6) is 1.29. The summed E-state index contributed by atoms with van der Waals surface area (Å²) in [6.07, 6.45) is 0. The predicted octanol–water partition coefficient (Wildman–Crippen LogP) is 4.94. The van der Waals surface area contributed by atoms with Crippen LogP contribution in [0.5, 0.6) is 5.75 Å². The zero-order chi connectivity index (χ0) is 19.9. The molecule has 4 aromatic rings. The van der Waals surface area contributed by atoms with Crippen LogP contribution in [0.3, 0.4) is 0 Å². The highest BCUT2D eigenvalue weighted by Gasteiger charge is 2.13. The first-order valence-electron chi connectivity index (χ1n) is 9.21. The molecule has 0 aliphatic heterocycles. The fourth-order valence-corrected chi connectivity index (χ4v) is 3.44. The molecule has 0 aliphatic rings. The number of aromatic nitrogens is 2. The van der Waals surface area contributed by atoms with Crippen LogP contribution in [-0.2, 0) is 6.54 Å². The molecule has 0 bridgehead atoms. The number of hydrogen-bond acceptors (Lipinski definition) is 4. The first-order chi connectivity index (χ1) is 14.3. The van der Waals surface area contributed by atoms with Gasteiger partial charge in [-0.1, -0.05) is 48.5 Å². The summed E-state index contributed by atoms with van der Waals surface area (Å²) >= 11 is 1.25. The molecule has 0 saturated heterocycles. The fraction of sp³-hybridized carbons (Fsp3) is 0.0909. The fourth-order valence-electron chi connectivity index (χ4n) is 2.89. The normalized spacial score (nSPS) is 10.6. The lowest BCUT2D eigenvalue weighted by Gasteiger charge is -2.11. The van der Waals surface area contributed by atoms with Crippen LogP contribution in [0.2, 0.25) is 0 Å². The van der Waals surface area contributed by atoms with Crippen LogP contribution in [0.15, 0.2) is 89.8 Å². The summed E-state index contributed by atoms with van der Waals surface area (Å²) in [4.78, 5) is 17.9. The molecule has 0 fully saturated rings. The van der Waals surface area contributed by atoms with E-state index in [1.807, 2.05) is 89.5 Å². The lowest BCUT2D eigenvalue weighted by Crippen LogP contribution is -2.25. The molecule has 29 heavy (non-hydrogen) atoms. The summed E-state index contributed by atoms with van der Waals surface area (Å²) < 4.78 is 10.5. The third-order valence-electron chi connectivity index (χ3n) is 4.21. The van der Waals surface area contributed by atoms with Crippen molar-refractivity contribution in [2.45, 2.75) is 11.4 Å². The standard InChI is InChI=1S/C22H20N4O2S/c27-22(25-29-18-11-5-2-6-12-18)24-21-23-19-13-7-8-14-20(19)26(21)15-16-28-17-9-3-1-4-10-17/h1-14H,15-16H2,(H2,23,24,25,27). The van der Waals surface area contributed by atoms with Gasteiger partial charge in [0.1, 0.15) is 12.4 Å². The molecule has 1 heterocycles. The van der Waals surface area contributed by atoms with E-state index < -0.39 is 0 Å². The number of imidazole rings is 1. The van der Waals surface area contributed by atoms with Crippen molar-refractivity contribution in [1.29, 1.82) is 0 Å². The second-order valence-corrected chi connectivity index (χ2v) is 7.09. The summed E-state index contributed by atoms with van der Waals surface area (Å²) in [7, 11) is 0. The van der Waals surface area contributed by atoms with Crippen molar-refractivity contribution >= 4 is 35.0 Å². The average Bonchev–Trinajstić information content (AvgIpc) is 3.11. The highest BCUT2D eigenvalue weighted by atomic mass is 32.2. The topological polar surface area (TPSA) is 68.2 Å². The quantitative estimate of drug-likeness (QED) is 0.428. The minimum absolute atomic E-state index is 0.334. The number of ether oxygens (including phenoxy) is 1. The van der Waals surface area contributed by atoms with Crippen molar-refractivity contribution in [3.63, 3.8) is 0 Å². The van der Waals surface area contributed by atoms with E-state index in [2.05, 4.69) is 15.0 Å². The summed E-state index contributed by atoms with van der Waals surface area (Å²) in [6, 6.07) is 26.7. The molecule has 0 unspecified atom stereocenters. The maximum absolute atomic E-state index is 12.4. The van der Waals surface area contributed by atoms with Crippen LogP contribution >= 0.6 is 11.9 Å². The first kappa shape index (κ1) is 18.9. The summed E-state index contributed by atoms with van der Waals surface area (Å²) in [6.45, 7) is 1.01. The van der Waals surface area contributed by atoms with Gasteiger partial charge in [0, 0.05) is 4.90 Å². The first-order valence-corrected chi connectivity index (χ1v) is 10.0. The van der Waals surface area contributed by atoms with Gasteiger partial charge in [-0.3, -0.25) is 10.0 Å². The Labute approximate surface area is 173 Å². The minimum atomic E-state index is -0.334. The Bertz CT molecular complexity index is 1080. The van der Waals surface area contributed by atoms with Gasteiger partial charge in [-0.25, -0.2) is 9.78 Å². The number of nitrogens with one attached hydrogen (secondary N) is 2. The molecule has 3 aromatic carbocycles. The van der Waals surface area contributed by atoms with E-state index in [0.717, 1.165) is 21.7 Å². The maximum atomic E-state index is 12.4. The number of para-hydroxylation sites is 3. The van der Waals surface area contributed by atoms with Gasteiger partial charge in [0.2, 0.25) is 5.95 Å². The Balaban J connectivity index is 1.45. The van der Waals surface area contributed by atoms with Gasteiger partial charge in [-0.2, -0.15) is 0 Å². The third kappa shape index (κ3) is 4.89. The van der Waals surface area contributed by atoms with E-state index in [0.29, 0.717) is 19.1 Å². The molecule has 4 rings (SSSR count). The average molecular weight is 404 g/mol. The minimum Gasteiger partial charge on any atom is -0.492 e. The Morgan fingerprint density at radius 2 is 1.62 bits per heavy atom. The monoisotopic (exact) mass is 404 g/mol. The molecule has 0 atom stereocenters. The van der Waals surface area contributed by atoms with Crippen LogP contribution in [0, 0.1) is 0 Å². The molecule has 0 radical (unpaired) electrons. The molecule has 0 aliphatic carbocycles. The van der Waals surface area contributed by atoms with E-state index in [9.17, 15) is 4.79 Å². The highest BCUT2D eigenvalue weighted by Crippen LogP contribution is 2.20. The van der Waals surface area contributed by atoms with E-state index in [-0.39, 0.29) is 6.03 Å². The van der Waals surface area contributed by atoms with Gasteiger partial charge >= 0.3 is 6.03 Å². The number of urea groups is 1. The molecular formula is C22H20N4O2S. The second-order valence-electron chi connectivity index (χ2n) is 6.21. The second kappa shape index (κ2) is 9.16. The molecule has 0 spiro atoms. The third-order valence-corrected chi connectivity index (χ3v) is 5.01. The zero-order valence-corrected chi connectivity index (χ0v) is 16.4. The zero-order valence-electron chi connectivity index (χ0n) is 15.6. The lowest BCUT2D eigenvalue weighted by molar-refractivity contribution is 0.256. The molecule has 0 saturated carbocycles. The van der Waals surface area contributed by atoms with Crippen molar-refractivity contribution in [2.24, 2.45) is 0 Å². The SMILES string of the molecule is O=C(NSc1ccccc1)Nc1nc2ccccc2n1CCOc1ccccc1. The molecule has 2 N–H and O–H groups in total. The van der Waals surface area contributed by atoms with Gasteiger partial charge < -0.3 is 9.30 Å². The van der Waals surface area contributed by atoms with Gasteiger partial charge in [0.05, 0.1) is 17.6 Å². The molecule has 2 amide bonds. The van der Waals surface area contributed by atoms with E-state index in [4.69, 9.17) is 4.74 Å². The maximum Gasteiger partial charge on any atom is 0.331 e. The molecule has 1 aromatic heterocycles. The Kier molecular flexibility index (Phi) is 5.97. The van der Waals surface area contributed by atoms with Crippen molar-refractivity contribution in [3.05, 3.63) is 84.9 Å². The number of carbonyl (C=O) groups is 1. The molecular weight excluding hydrogens is 384 g/mol. The number of amides is 2. The number of fused-ring (bicyclic) bond motifs is 1. The van der Waals surface area contributed by atoms with Crippen molar-refractivity contribution in [1.82, 2.24) is 14.3 Å².